The Bertz CT molecular complexity index is 670. The van der Waals surface area contributed by atoms with Crippen LogP contribution in [0.3, 0.4) is 0 Å². The minimum atomic E-state index is -0.343. The second-order valence-corrected chi connectivity index (χ2v) is 6.64. The number of aryl methyl sites for hydroxylation is 2. The van der Waals surface area contributed by atoms with E-state index in [4.69, 9.17) is 4.42 Å². The molecule has 4 nitrogen and oxygen atoms in total. The van der Waals surface area contributed by atoms with Crippen LogP contribution in [0, 0.1) is 12.3 Å². The van der Waals surface area contributed by atoms with E-state index in [0.29, 0.717) is 12.3 Å². The van der Waals surface area contributed by atoms with Crippen molar-refractivity contribution in [3.05, 3.63) is 35.1 Å². The molecular formula is C18H25NO3. The van der Waals surface area contributed by atoms with Crippen LogP contribution in [-0.4, -0.2) is 24.2 Å². The smallest absolute Gasteiger partial charge is 0.287 e. The molecule has 0 radical (unpaired) electrons. The number of aliphatic hydroxyl groups is 1. The van der Waals surface area contributed by atoms with Crippen molar-refractivity contribution in [2.75, 3.05) is 13.2 Å². The number of nitrogens with one attached hydrogen (secondary N) is 1. The molecular weight excluding hydrogens is 278 g/mol. The van der Waals surface area contributed by atoms with Crippen molar-refractivity contribution < 1.29 is 14.3 Å². The summed E-state index contributed by atoms with van der Waals surface area (Å²) in [6.07, 6.45) is 2.11. The molecule has 0 fully saturated rings. The quantitative estimate of drug-likeness (QED) is 0.859. The van der Waals surface area contributed by atoms with Crippen molar-refractivity contribution in [2.24, 2.45) is 5.41 Å². The lowest BCUT2D eigenvalue weighted by Crippen LogP contribution is -2.36. The third-order valence-electron chi connectivity index (χ3n) is 3.90. The molecule has 1 amide bonds. The Morgan fingerprint density at radius 2 is 2.09 bits per heavy atom. The first-order valence-corrected chi connectivity index (χ1v) is 7.79. The summed E-state index contributed by atoms with van der Waals surface area (Å²) in [5, 5.41) is 13.1. The van der Waals surface area contributed by atoms with E-state index in [0.717, 1.165) is 29.4 Å². The normalized spacial score (nSPS) is 11.9. The van der Waals surface area contributed by atoms with Crippen molar-refractivity contribution in [3.8, 4) is 0 Å². The maximum absolute atomic E-state index is 12.3. The van der Waals surface area contributed by atoms with E-state index in [2.05, 4.69) is 18.3 Å². The van der Waals surface area contributed by atoms with Gasteiger partial charge in [0, 0.05) is 29.5 Å². The summed E-state index contributed by atoms with van der Waals surface area (Å²) >= 11 is 0. The summed E-state index contributed by atoms with van der Waals surface area (Å²) in [5.41, 5.74) is 2.52. The van der Waals surface area contributed by atoms with Crippen LogP contribution in [0.4, 0.5) is 0 Å². The van der Waals surface area contributed by atoms with Crippen LogP contribution in [-0.2, 0) is 6.42 Å². The molecule has 120 valence electrons. The lowest BCUT2D eigenvalue weighted by Gasteiger charge is -2.21. The zero-order valence-electron chi connectivity index (χ0n) is 13.8. The van der Waals surface area contributed by atoms with Crippen molar-refractivity contribution in [1.29, 1.82) is 0 Å². The van der Waals surface area contributed by atoms with Gasteiger partial charge in [0.25, 0.3) is 5.91 Å². The highest BCUT2D eigenvalue weighted by molar-refractivity contribution is 5.99. The molecule has 2 N–H and O–H groups in total. The number of fused-ring (bicyclic) bond motifs is 1. The zero-order chi connectivity index (χ0) is 16.3. The van der Waals surface area contributed by atoms with E-state index >= 15 is 0 Å². The molecule has 0 spiro atoms. The number of carbonyl (C=O) groups excluding carboxylic acids is 1. The first-order valence-electron chi connectivity index (χ1n) is 7.79. The Labute approximate surface area is 131 Å². The van der Waals surface area contributed by atoms with Crippen LogP contribution in [0.25, 0.3) is 11.0 Å². The third kappa shape index (κ3) is 3.50. The number of amides is 1. The fourth-order valence-corrected chi connectivity index (χ4v) is 2.38. The van der Waals surface area contributed by atoms with E-state index in [1.165, 1.54) is 5.56 Å². The van der Waals surface area contributed by atoms with Crippen LogP contribution in [0.2, 0.25) is 0 Å². The molecule has 0 saturated heterocycles. The lowest BCUT2D eigenvalue weighted by molar-refractivity contribution is 0.0885. The van der Waals surface area contributed by atoms with Crippen molar-refractivity contribution >= 4 is 16.9 Å². The highest BCUT2D eigenvalue weighted by Gasteiger charge is 2.21. The Morgan fingerprint density at radius 1 is 1.36 bits per heavy atom. The molecule has 2 rings (SSSR count). The molecule has 22 heavy (non-hydrogen) atoms. The topological polar surface area (TPSA) is 62.5 Å². The second-order valence-electron chi connectivity index (χ2n) is 6.64. The van der Waals surface area contributed by atoms with Gasteiger partial charge in [-0.15, -0.1) is 0 Å². The Hall–Kier alpha value is -1.81. The highest BCUT2D eigenvalue weighted by atomic mass is 16.3. The lowest BCUT2D eigenvalue weighted by atomic mass is 9.95. The summed E-state index contributed by atoms with van der Waals surface area (Å²) in [7, 11) is 0. The summed E-state index contributed by atoms with van der Waals surface area (Å²) < 4.78 is 5.72. The van der Waals surface area contributed by atoms with Gasteiger partial charge in [-0.2, -0.15) is 0 Å². The van der Waals surface area contributed by atoms with Crippen LogP contribution in [0.1, 0.15) is 48.9 Å². The third-order valence-corrected chi connectivity index (χ3v) is 3.90. The van der Waals surface area contributed by atoms with E-state index < -0.39 is 0 Å². The summed E-state index contributed by atoms with van der Waals surface area (Å²) in [6.45, 7) is 8.28. The second kappa shape index (κ2) is 6.53. The van der Waals surface area contributed by atoms with Crippen LogP contribution in [0.15, 0.2) is 22.6 Å². The number of hydrogen-bond donors (Lipinski definition) is 2. The molecule has 0 unspecified atom stereocenters. The first-order chi connectivity index (χ1) is 10.4. The van der Waals surface area contributed by atoms with E-state index in [1.54, 1.807) is 0 Å². The summed E-state index contributed by atoms with van der Waals surface area (Å²) in [4.78, 5) is 12.3. The van der Waals surface area contributed by atoms with Gasteiger partial charge in [0.05, 0.1) is 0 Å². The molecule has 1 aromatic heterocycles. The van der Waals surface area contributed by atoms with Gasteiger partial charge in [-0.1, -0.05) is 33.3 Å². The zero-order valence-corrected chi connectivity index (χ0v) is 13.8. The SMILES string of the molecule is CCCc1ccc2oc(C(=O)NCC(C)(C)CO)c(C)c2c1. The van der Waals surface area contributed by atoms with Gasteiger partial charge in [0.2, 0.25) is 0 Å². The van der Waals surface area contributed by atoms with Crippen molar-refractivity contribution in [2.45, 2.75) is 40.5 Å². The average Bonchev–Trinajstić information content (AvgIpc) is 2.82. The minimum Gasteiger partial charge on any atom is -0.451 e. The number of aliphatic hydroxyl groups excluding tert-OH is 1. The van der Waals surface area contributed by atoms with Gasteiger partial charge in [-0.05, 0) is 31.0 Å². The monoisotopic (exact) mass is 303 g/mol. The Kier molecular flexibility index (Phi) is 4.91. The maximum atomic E-state index is 12.3. The molecule has 1 heterocycles. The number of furan rings is 1. The molecule has 0 aliphatic rings. The van der Waals surface area contributed by atoms with Crippen molar-refractivity contribution in [3.63, 3.8) is 0 Å². The largest absolute Gasteiger partial charge is 0.451 e. The predicted octanol–water partition coefficient (Wildman–Crippen LogP) is 3.44. The van der Waals surface area contributed by atoms with Crippen LogP contribution in [0.5, 0.6) is 0 Å². The molecule has 1 aromatic carbocycles. The van der Waals surface area contributed by atoms with Gasteiger partial charge in [0.15, 0.2) is 5.76 Å². The summed E-state index contributed by atoms with van der Waals surface area (Å²) in [6, 6.07) is 6.08. The molecule has 2 aromatic rings. The average molecular weight is 303 g/mol. The molecule has 0 aliphatic carbocycles. The highest BCUT2D eigenvalue weighted by Crippen LogP contribution is 2.27. The minimum absolute atomic E-state index is 0.0206. The fourth-order valence-electron chi connectivity index (χ4n) is 2.38. The molecule has 0 saturated carbocycles. The first kappa shape index (κ1) is 16.6. The van der Waals surface area contributed by atoms with Gasteiger partial charge < -0.3 is 14.8 Å². The summed E-state index contributed by atoms with van der Waals surface area (Å²) in [5.74, 6) is 0.129. The van der Waals surface area contributed by atoms with Gasteiger partial charge in [-0.3, -0.25) is 4.79 Å². The van der Waals surface area contributed by atoms with E-state index in [-0.39, 0.29) is 17.9 Å². The molecule has 4 heteroatoms. The number of carbonyl (C=O) groups is 1. The molecule has 0 aliphatic heterocycles. The standard InChI is InChI=1S/C18H25NO3/c1-5-6-13-7-8-15-14(9-13)12(2)16(22-15)17(21)19-10-18(3,4)11-20/h7-9,20H,5-6,10-11H2,1-4H3,(H,19,21). The molecule has 0 bridgehead atoms. The van der Waals surface area contributed by atoms with E-state index in [9.17, 15) is 9.90 Å². The fraction of sp³-hybridized carbons (Fsp3) is 0.500. The van der Waals surface area contributed by atoms with Crippen LogP contribution >= 0.6 is 0 Å². The number of benzene rings is 1. The van der Waals surface area contributed by atoms with E-state index in [1.807, 2.05) is 32.9 Å². The Balaban J connectivity index is 2.24. The van der Waals surface area contributed by atoms with Gasteiger partial charge in [0.1, 0.15) is 5.58 Å². The van der Waals surface area contributed by atoms with Crippen molar-refractivity contribution in [1.82, 2.24) is 5.32 Å². The van der Waals surface area contributed by atoms with Gasteiger partial charge in [-0.25, -0.2) is 0 Å². The molecule has 0 atom stereocenters. The Morgan fingerprint density at radius 3 is 2.73 bits per heavy atom. The van der Waals surface area contributed by atoms with Crippen LogP contribution < -0.4 is 5.32 Å². The number of rotatable bonds is 6. The van der Waals surface area contributed by atoms with Gasteiger partial charge >= 0.3 is 0 Å². The predicted molar refractivity (Wildman–Crippen MR) is 88.1 cm³/mol. The number of hydrogen-bond acceptors (Lipinski definition) is 3. The maximum Gasteiger partial charge on any atom is 0.287 e.